The lowest BCUT2D eigenvalue weighted by Gasteiger charge is -2.05. The first-order valence-electron chi connectivity index (χ1n) is 5.19. The number of nitrogens with zero attached hydrogens (tertiary/aromatic N) is 1. The zero-order valence-corrected chi connectivity index (χ0v) is 9.06. The molecule has 0 amide bonds. The number of hydrogen-bond donors (Lipinski definition) is 0. The summed E-state index contributed by atoms with van der Waals surface area (Å²) in [5, 5.41) is 0. The molecule has 0 spiro atoms. The van der Waals surface area contributed by atoms with E-state index < -0.39 is 0 Å². The maximum absolute atomic E-state index is 11.2. The highest BCUT2D eigenvalue weighted by Crippen LogP contribution is 2.28. The van der Waals surface area contributed by atoms with Crippen LogP contribution in [0, 0.1) is 0 Å². The van der Waals surface area contributed by atoms with Gasteiger partial charge in [-0.2, -0.15) is 0 Å². The molecule has 0 N–H and O–H groups in total. The van der Waals surface area contributed by atoms with E-state index in [1.54, 1.807) is 0 Å². The second kappa shape index (κ2) is 3.93. The number of benzene rings is 1. The topological polar surface area (TPSA) is 29.3 Å². The van der Waals surface area contributed by atoms with Crippen molar-refractivity contribution in [3.63, 3.8) is 0 Å². The quantitative estimate of drug-likeness (QED) is 0.554. The van der Waals surface area contributed by atoms with E-state index in [0.717, 1.165) is 18.7 Å². The Kier molecular flexibility index (Phi) is 2.62. The van der Waals surface area contributed by atoms with Gasteiger partial charge in [-0.25, -0.2) is 4.79 Å². The molecule has 3 nitrogen and oxygen atoms in total. The fourth-order valence-corrected chi connectivity index (χ4v) is 1.69. The number of hydrogen-bond acceptors (Lipinski definition) is 3. The van der Waals surface area contributed by atoms with Crippen LogP contribution in [-0.4, -0.2) is 25.7 Å². The van der Waals surface area contributed by atoms with Gasteiger partial charge in [0, 0.05) is 5.69 Å². The molecule has 1 aliphatic heterocycles. The van der Waals surface area contributed by atoms with Gasteiger partial charge in [-0.3, -0.25) is 0 Å². The van der Waals surface area contributed by atoms with E-state index in [1.807, 2.05) is 4.90 Å². The number of carbonyl (C=O) groups is 1. The average Bonchev–Trinajstić information content (AvgIpc) is 3.08. The van der Waals surface area contributed by atoms with E-state index in [2.05, 4.69) is 31.2 Å². The lowest BCUT2D eigenvalue weighted by atomic mass is 10.1. The van der Waals surface area contributed by atoms with Crippen molar-refractivity contribution in [2.45, 2.75) is 19.4 Å². The smallest absolute Gasteiger partial charge is 0.330 e. The fraction of sp³-hybridized carbons (Fsp3) is 0.417. The molecule has 0 radical (unpaired) electrons. The third kappa shape index (κ3) is 1.96. The molecule has 15 heavy (non-hydrogen) atoms. The Labute approximate surface area is 89.7 Å². The molecule has 1 aromatic rings. The minimum atomic E-state index is -0.144. The Hall–Kier alpha value is -1.51. The summed E-state index contributed by atoms with van der Waals surface area (Å²) < 4.78 is 4.69. The van der Waals surface area contributed by atoms with E-state index in [-0.39, 0.29) is 12.0 Å². The van der Waals surface area contributed by atoms with Crippen LogP contribution >= 0.6 is 0 Å². The van der Waals surface area contributed by atoms with Gasteiger partial charge in [-0.05, 0) is 24.1 Å². The summed E-state index contributed by atoms with van der Waals surface area (Å²) >= 11 is 0. The Morgan fingerprint density at radius 1 is 1.47 bits per heavy atom. The third-order valence-corrected chi connectivity index (χ3v) is 2.76. The van der Waals surface area contributed by atoms with E-state index >= 15 is 0 Å². The van der Waals surface area contributed by atoms with E-state index in [9.17, 15) is 4.79 Å². The Balaban J connectivity index is 2.04. The minimum absolute atomic E-state index is 0.0672. The molecule has 1 fully saturated rings. The van der Waals surface area contributed by atoms with E-state index in [4.69, 9.17) is 4.74 Å². The molecule has 1 aliphatic rings. The van der Waals surface area contributed by atoms with Gasteiger partial charge in [0.15, 0.2) is 0 Å². The molecular weight excluding hydrogens is 190 g/mol. The van der Waals surface area contributed by atoms with Gasteiger partial charge in [0.2, 0.25) is 0 Å². The van der Waals surface area contributed by atoms with Crippen LogP contribution in [0.4, 0.5) is 5.69 Å². The molecule has 1 saturated heterocycles. The molecule has 0 aromatic heterocycles. The molecule has 1 heterocycles. The van der Waals surface area contributed by atoms with Crippen LogP contribution in [0.2, 0.25) is 0 Å². The Morgan fingerprint density at radius 2 is 2.13 bits per heavy atom. The van der Waals surface area contributed by atoms with Crippen molar-refractivity contribution in [1.29, 1.82) is 0 Å². The van der Waals surface area contributed by atoms with Crippen molar-refractivity contribution < 1.29 is 9.53 Å². The summed E-state index contributed by atoms with van der Waals surface area (Å²) in [7, 11) is 1.43. The molecule has 1 aromatic carbocycles. The van der Waals surface area contributed by atoms with Crippen LogP contribution < -0.4 is 4.90 Å². The normalized spacial score (nSPS) is 18.8. The molecule has 1 unspecified atom stereocenters. The van der Waals surface area contributed by atoms with Crippen LogP contribution in [0.5, 0.6) is 0 Å². The Bertz CT molecular complexity index is 358. The van der Waals surface area contributed by atoms with Gasteiger partial charge in [0.1, 0.15) is 6.04 Å². The molecule has 0 saturated carbocycles. The third-order valence-electron chi connectivity index (χ3n) is 2.76. The monoisotopic (exact) mass is 205 g/mol. The number of esters is 1. The van der Waals surface area contributed by atoms with Gasteiger partial charge in [0.25, 0.3) is 0 Å². The summed E-state index contributed by atoms with van der Waals surface area (Å²) in [6.45, 7) is 2.90. The number of methoxy groups -OCH3 is 1. The first-order valence-corrected chi connectivity index (χ1v) is 5.19. The molecule has 3 heteroatoms. The predicted molar refractivity (Wildman–Crippen MR) is 59.0 cm³/mol. The number of anilines is 1. The maximum atomic E-state index is 11.2. The summed E-state index contributed by atoms with van der Waals surface area (Å²) in [5.41, 5.74) is 2.41. The molecule has 1 atom stereocenters. The van der Waals surface area contributed by atoms with Crippen molar-refractivity contribution in [1.82, 2.24) is 0 Å². The summed E-state index contributed by atoms with van der Waals surface area (Å²) in [6, 6.07) is 8.25. The highest BCUT2D eigenvalue weighted by molar-refractivity contribution is 5.86. The van der Waals surface area contributed by atoms with Gasteiger partial charge < -0.3 is 9.64 Å². The Morgan fingerprint density at radius 3 is 2.67 bits per heavy atom. The second-order valence-electron chi connectivity index (χ2n) is 3.71. The molecular formula is C12H15NO2. The SMILES string of the molecule is CCc1ccc(N2CC2C(=O)OC)cc1. The predicted octanol–water partition coefficient (Wildman–Crippen LogP) is 1.61. The molecule has 0 bridgehead atoms. The van der Waals surface area contributed by atoms with Crippen molar-refractivity contribution in [2.24, 2.45) is 0 Å². The number of carbonyl (C=O) groups excluding carboxylic acids is 1. The van der Waals surface area contributed by atoms with Crippen molar-refractivity contribution in [2.75, 3.05) is 18.6 Å². The molecule has 2 rings (SSSR count). The summed E-state index contributed by atoms with van der Waals surface area (Å²) in [5.74, 6) is -0.144. The zero-order valence-electron chi connectivity index (χ0n) is 9.06. The molecule has 80 valence electrons. The number of ether oxygens (including phenoxy) is 1. The standard InChI is InChI=1S/C12H15NO2/c1-3-9-4-6-10(7-5-9)13-8-11(13)12(14)15-2/h4-7,11H,3,8H2,1-2H3. The van der Waals surface area contributed by atoms with Crippen LogP contribution in [0.25, 0.3) is 0 Å². The second-order valence-corrected chi connectivity index (χ2v) is 3.71. The highest BCUT2D eigenvalue weighted by atomic mass is 16.5. The van der Waals surface area contributed by atoms with Crippen molar-refractivity contribution in [3.8, 4) is 0 Å². The van der Waals surface area contributed by atoms with Crippen molar-refractivity contribution >= 4 is 11.7 Å². The van der Waals surface area contributed by atoms with E-state index in [0.29, 0.717) is 0 Å². The average molecular weight is 205 g/mol. The van der Waals surface area contributed by atoms with Gasteiger partial charge in [-0.15, -0.1) is 0 Å². The molecule has 0 aliphatic carbocycles. The van der Waals surface area contributed by atoms with Crippen LogP contribution in [0.15, 0.2) is 24.3 Å². The largest absolute Gasteiger partial charge is 0.467 e. The number of rotatable bonds is 3. The lowest BCUT2D eigenvalue weighted by molar-refractivity contribution is -0.139. The highest BCUT2D eigenvalue weighted by Gasteiger charge is 2.41. The summed E-state index contributed by atoms with van der Waals surface area (Å²) in [6.07, 6.45) is 1.04. The van der Waals surface area contributed by atoms with E-state index in [1.165, 1.54) is 12.7 Å². The maximum Gasteiger partial charge on any atom is 0.330 e. The number of aryl methyl sites for hydroxylation is 1. The first kappa shape index (κ1) is 10.0. The fourth-order valence-electron chi connectivity index (χ4n) is 1.69. The zero-order chi connectivity index (χ0) is 10.8. The lowest BCUT2D eigenvalue weighted by Crippen LogP contribution is -2.13. The first-order chi connectivity index (χ1) is 7.26. The minimum Gasteiger partial charge on any atom is -0.467 e. The van der Waals surface area contributed by atoms with Gasteiger partial charge in [0.05, 0.1) is 13.7 Å². The summed E-state index contributed by atoms with van der Waals surface area (Å²) in [4.78, 5) is 13.3. The van der Waals surface area contributed by atoms with Crippen LogP contribution in [0.1, 0.15) is 12.5 Å². The van der Waals surface area contributed by atoms with Crippen molar-refractivity contribution in [3.05, 3.63) is 29.8 Å². The van der Waals surface area contributed by atoms with Crippen LogP contribution in [0.3, 0.4) is 0 Å². The van der Waals surface area contributed by atoms with Gasteiger partial charge >= 0.3 is 5.97 Å². The van der Waals surface area contributed by atoms with Crippen LogP contribution in [-0.2, 0) is 16.0 Å². The van der Waals surface area contributed by atoms with Gasteiger partial charge in [-0.1, -0.05) is 19.1 Å².